The number of nitrogens with one attached hydrogen (secondary N) is 2. The van der Waals surface area contributed by atoms with Crippen molar-refractivity contribution in [1.82, 2.24) is 15.5 Å². The summed E-state index contributed by atoms with van der Waals surface area (Å²) in [7, 11) is -0.778. The van der Waals surface area contributed by atoms with Crippen molar-refractivity contribution in [2.75, 3.05) is 39.0 Å². The summed E-state index contributed by atoms with van der Waals surface area (Å²) in [6.07, 6.45) is 1.71. The molecule has 6 heteroatoms. The van der Waals surface area contributed by atoms with E-state index in [1.807, 2.05) is 6.92 Å². The molecule has 0 radical (unpaired) electrons. The zero-order valence-electron chi connectivity index (χ0n) is 9.28. The van der Waals surface area contributed by atoms with E-state index in [1.165, 1.54) is 0 Å². The minimum Gasteiger partial charge on any atom is -0.336 e. The lowest BCUT2D eigenvalue weighted by atomic mass is 10.4. The van der Waals surface area contributed by atoms with Gasteiger partial charge in [-0.2, -0.15) is 0 Å². The van der Waals surface area contributed by atoms with Crippen LogP contribution >= 0.6 is 0 Å². The first-order valence-corrected chi connectivity index (χ1v) is 6.79. The maximum atomic E-state index is 11.1. The number of urea groups is 1. The van der Waals surface area contributed by atoms with Crippen LogP contribution in [0, 0.1) is 0 Å². The highest BCUT2D eigenvalue weighted by molar-refractivity contribution is 7.84. The molecule has 0 bridgehead atoms. The smallest absolute Gasteiger partial charge is 0.317 e. The minimum atomic E-state index is -0.778. The van der Waals surface area contributed by atoms with Crippen molar-refractivity contribution in [1.29, 1.82) is 0 Å². The third-order valence-electron chi connectivity index (χ3n) is 2.50. The molecule has 0 saturated carbocycles. The van der Waals surface area contributed by atoms with Crippen LogP contribution in [-0.4, -0.2) is 59.4 Å². The Balaban J connectivity index is 2.06. The van der Waals surface area contributed by atoms with E-state index in [0.29, 0.717) is 0 Å². The zero-order valence-corrected chi connectivity index (χ0v) is 10.1. The number of rotatable bonds is 6. The average molecular weight is 233 g/mol. The summed E-state index contributed by atoms with van der Waals surface area (Å²) in [5.74, 6) is 0. The fraction of sp³-hybridized carbons (Fsp3) is 0.889. The van der Waals surface area contributed by atoms with Crippen LogP contribution in [0.4, 0.5) is 4.79 Å². The van der Waals surface area contributed by atoms with Crippen molar-refractivity contribution in [3.05, 3.63) is 0 Å². The second-order valence-electron chi connectivity index (χ2n) is 3.73. The molecule has 2 N–H and O–H groups in total. The normalized spacial score (nSPS) is 20.1. The number of hydrogen-bond donors (Lipinski definition) is 2. The van der Waals surface area contributed by atoms with E-state index in [1.54, 1.807) is 11.2 Å². The SMILES string of the molecule is CC(CNCCN1CCNC1=O)S(C)=O. The Hall–Kier alpha value is -0.620. The first-order chi connectivity index (χ1) is 7.11. The van der Waals surface area contributed by atoms with Gasteiger partial charge in [-0.1, -0.05) is 0 Å². The van der Waals surface area contributed by atoms with Gasteiger partial charge in [-0.25, -0.2) is 4.79 Å². The monoisotopic (exact) mass is 233 g/mol. The van der Waals surface area contributed by atoms with Crippen molar-refractivity contribution >= 4 is 16.8 Å². The third kappa shape index (κ3) is 4.17. The van der Waals surface area contributed by atoms with Gasteiger partial charge in [0.2, 0.25) is 0 Å². The molecule has 15 heavy (non-hydrogen) atoms. The fourth-order valence-electron chi connectivity index (χ4n) is 1.36. The predicted octanol–water partition coefficient (Wildman–Crippen LogP) is -0.632. The van der Waals surface area contributed by atoms with Gasteiger partial charge in [0.05, 0.1) is 0 Å². The zero-order chi connectivity index (χ0) is 11.3. The van der Waals surface area contributed by atoms with Gasteiger partial charge in [-0.05, 0) is 6.92 Å². The maximum absolute atomic E-state index is 11.1. The van der Waals surface area contributed by atoms with Crippen molar-refractivity contribution in [2.45, 2.75) is 12.2 Å². The first-order valence-electron chi connectivity index (χ1n) is 5.17. The lowest BCUT2D eigenvalue weighted by Gasteiger charge is -2.15. The van der Waals surface area contributed by atoms with E-state index in [4.69, 9.17) is 0 Å². The van der Waals surface area contributed by atoms with E-state index in [0.717, 1.165) is 32.7 Å². The Labute approximate surface area is 93.0 Å². The van der Waals surface area contributed by atoms with Crippen LogP contribution in [0.3, 0.4) is 0 Å². The van der Waals surface area contributed by atoms with Crippen LogP contribution in [0.15, 0.2) is 0 Å². The molecule has 1 rings (SSSR count). The van der Waals surface area contributed by atoms with E-state index >= 15 is 0 Å². The lowest BCUT2D eigenvalue weighted by Crippen LogP contribution is -2.37. The Kier molecular flexibility index (Phi) is 5.04. The third-order valence-corrected chi connectivity index (χ3v) is 3.80. The van der Waals surface area contributed by atoms with E-state index in [9.17, 15) is 9.00 Å². The summed E-state index contributed by atoms with van der Waals surface area (Å²) in [6, 6.07) is 0.0175. The number of nitrogens with zero attached hydrogens (tertiary/aromatic N) is 1. The van der Waals surface area contributed by atoms with Crippen molar-refractivity contribution in [3.63, 3.8) is 0 Å². The number of hydrogen-bond acceptors (Lipinski definition) is 3. The second kappa shape index (κ2) is 6.07. The molecule has 0 aromatic rings. The van der Waals surface area contributed by atoms with Gasteiger partial charge in [0, 0.05) is 55.0 Å². The van der Waals surface area contributed by atoms with E-state index < -0.39 is 10.8 Å². The Bertz CT molecular complexity index is 248. The molecule has 2 amide bonds. The molecule has 1 saturated heterocycles. The molecule has 2 atom stereocenters. The fourth-order valence-corrected chi connectivity index (χ4v) is 1.71. The molecule has 1 aliphatic rings. The van der Waals surface area contributed by atoms with Gasteiger partial charge in [-0.15, -0.1) is 0 Å². The van der Waals surface area contributed by atoms with E-state index in [2.05, 4.69) is 10.6 Å². The predicted molar refractivity (Wildman–Crippen MR) is 61.4 cm³/mol. The summed E-state index contributed by atoms with van der Waals surface area (Å²) in [5, 5.41) is 6.11. The Morgan fingerprint density at radius 2 is 2.40 bits per heavy atom. The van der Waals surface area contributed by atoms with Gasteiger partial charge in [-0.3, -0.25) is 4.21 Å². The highest BCUT2D eigenvalue weighted by atomic mass is 32.2. The van der Waals surface area contributed by atoms with Crippen LogP contribution in [-0.2, 0) is 10.8 Å². The van der Waals surface area contributed by atoms with Gasteiger partial charge in [0.25, 0.3) is 0 Å². The molecule has 88 valence electrons. The number of amides is 2. The molecule has 5 nitrogen and oxygen atoms in total. The average Bonchev–Trinajstić information content (AvgIpc) is 2.58. The Morgan fingerprint density at radius 3 is 2.93 bits per heavy atom. The molecular formula is C9H19N3O2S. The van der Waals surface area contributed by atoms with Crippen molar-refractivity contribution in [3.8, 4) is 0 Å². The highest BCUT2D eigenvalue weighted by Gasteiger charge is 2.18. The minimum absolute atomic E-state index is 0.0175. The van der Waals surface area contributed by atoms with Gasteiger partial charge in [0.1, 0.15) is 0 Å². The van der Waals surface area contributed by atoms with Crippen LogP contribution < -0.4 is 10.6 Å². The molecule has 0 aliphatic carbocycles. The van der Waals surface area contributed by atoms with Crippen molar-refractivity contribution < 1.29 is 9.00 Å². The quantitative estimate of drug-likeness (QED) is 0.600. The Morgan fingerprint density at radius 1 is 1.67 bits per heavy atom. The van der Waals surface area contributed by atoms with Crippen LogP contribution in [0.25, 0.3) is 0 Å². The van der Waals surface area contributed by atoms with Crippen LogP contribution in [0.2, 0.25) is 0 Å². The molecule has 0 spiro atoms. The van der Waals surface area contributed by atoms with Gasteiger partial charge >= 0.3 is 6.03 Å². The van der Waals surface area contributed by atoms with Gasteiger partial charge in [0.15, 0.2) is 0 Å². The summed E-state index contributed by atoms with van der Waals surface area (Å²) >= 11 is 0. The van der Waals surface area contributed by atoms with Crippen LogP contribution in [0.5, 0.6) is 0 Å². The van der Waals surface area contributed by atoms with E-state index in [-0.39, 0.29) is 11.3 Å². The molecule has 1 fully saturated rings. The number of carbonyl (C=O) groups excluding carboxylic acids is 1. The topological polar surface area (TPSA) is 61.4 Å². The second-order valence-corrected chi connectivity index (χ2v) is 5.53. The maximum Gasteiger partial charge on any atom is 0.317 e. The summed E-state index contributed by atoms with van der Waals surface area (Å²) < 4.78 is 11.0. The lowest BCUT2D eigenvalue weighted by molar-refractivity contribution is 0.217. The van der Waals surface area contributed by atoms with Crippen molar-refractivity contribution in [2.24, 2.45) is 0 Å². The highest BCUT2D eigenvalue weighted by Crippen LogP contribution is 1.95. The summed E-state index contributed by atoms with van der Waals surface area (Å²) in [5.41, 5.74) is 0. The summed E-state index contributed by atoms with van der Waals surface area (Å²) in [4.78, 5) is 12.9. The van der Waals surface area contributed by atoms with Crippen LogP contribution in [0.1, 0.15) is 6.92 Å². The number of carbonyl (C=O) groups is 1. The molecule has 0 aromatic carbocycles. The largest absolute Gasteiger partial charge is 0.336 e. The van der Waals surface area contributed by atoms with Gasteiger partial charge < -0.3 is 15.5 Å². The molecule has 1 aliphatic heterocycles. The molecule has 1 heterocycles. The standard InChI is InChI=1S/C9H19N3O2S/c1-8(15(2)14)7-10-3-5-12-6-4-11-9(12)13/h8,10H,3-7H2,1-2H3,(H,11,13). The molecule has 0 aromatic heterocycles. The first kappa shape index (κ1) is 12.4. The molecular weight excluding hydrogens is 214 g/mol. The molecule has 2 unspecified atom stereocenters. The summed E-state index contributed by atoms with van der Waals surface area (Å²) in [6.45, 7) is 5.69.